The van der Waals surface area contributed by atoms with Crippen molar-refractivity contribution in [1.82, 2.24) is 9.80 Å². The summed E-state index contributed by atoms with van der Waals surface area (Å²) >= 11 is 0. The number of piperidine rings is 1. The molecule has 2 saturated heterocycles. The predicted molar refractivity (Wildman–Crippen MR) is 150 cm³/mol. The van der Waals surface area contributed by atoms with E-state index in [0.717, 1.165) is 11.1 Å². The number of halogens is 3. The zero-order valence-corrected chi connectivity index (χ0v) is 24.6. The number of ether oxygens (including phenoxy) is 2. The van der Waals surface area contributed by atoms with E-state index in [1.54, 1.807) is 4.90 Å². The van der Waals surface area contributed by atoms with Crippen LogP contribution in [0.25, 0.3) is 0 Å². The van der Waals surface area contributed by atoms with Crippen LogP contribution in [-0.4, -0.2) is 60.3 Å². The Morgan fingerprint density at radius 1 is 0.951 bits per heavy atom. The third-order valence-corrected chi connectivity index (χ3v) is 8.17. The summed E-state index contributed by atoms with van der Waals surface area (Å²) in [7, 11) is 0. The van der Waals surface area contributed by atoms with E-state index in [1.165, 1.54) is 0 Å². The molecule has 2 aliphatic rings. The Hall–Kier alpha value is -3.07. The van der Waals surface area contributed by atoms with Crippen molar-refractivity contribution in [3.63, 3.8) is 0 Å². The number of nitrogens with zero attached hydrogens (tertiary/aromatic N) is 2. The van der Waals surface area contributed by atoms with Gasteiger partial charge in [0.05, 0.1) is 6.61 Å². The Bertz CT molecular complexity index is 1210. The standard InChI is InChI=1S/C32H41F3N2O4/c1-22(2)21-40-26-9-7-6-8-24(26)20-37-19-16-31(28(37)41-29(39)32(33,34)35)14-17-36(18-15-31)27(38)23-10-12-25(13-11-23)30(3,4)5/h6-13,22,28H,14-21H2,1-5H3. The van der Waals surface area contributed by atoms with Crippen molar-refractivity contribution in [3.8, 4) is 5.75 Å². The number of esters is 1. The smallest absolute Gasteiger partial charge is 0.490 e. The van der Waals surface area contributed by atoms with Crippen LogP contribution in [0.3, 0.4) is 0 Å². The topological polar surface area (TPSA) is 59.1 Å². The van der Waals surface area contributed by atoms with Crippen molar-refractivity contribution in [2.24, 2.45) is 11.3 Å². The van der Waals surface area contributed by atoms with Gasteiger partial charge in [-0.2, -0.15) is 13.2 Å². The highest BCUT2D eigenvalue weighted by Crippen LogP contribution is 2.47. The molecule has 2 fully saturated rings. The molecular formula is C32H41F3N2O4. The molecular weight excluding hydrogens is 533 g/mol. The predicted octanol–water partition coefficient (Wildman–Crippen LogP) is 6.58. The normalized spacial score (nSPS) is 19.5. The van der Waals surface area contributed by atoms with Gasteiger partial charge < -0.3 is 14.4 Å². The largest absolute Gasteiger partial charge is 0.493 e. The van der Waals surface area contributed by atoms with Gasteiger partial charge >= 0.3 is 12.1 Å². The van der Waals surface area contributed by atoms with Gasteiger partial charge in [-0.25, -0.2) is 4.79 Å². The van der Waals surface area contributed by atoms with E-state index in [4.69, 9.17) is 9.47 Å². The van der Waals surface area contributed by atoms with Crippen LogP contribution < -0.4 is 4.74 Å². The molecule has 0 aliphatic carbocycles. The fourth-order valence-electron chi connectivity index (χ4n) is 5.72. The number of alkyl halides is 3. The van der Waals surface area contributed by atoms with E-state index in [1.807, 2.05) is 67.3 Å². The third kappa shape index (κ3) is 7.23. The maximum Gasteiger partial charge on any atom is 0.490 e. The van der Waals surface area contributed by atoms with Gasteiger partial charge in [-0.1, -0.05) is 65.0 Å². The molecule has 0 saturated carbocycles. The van der Waals surface area contributed by atoms with Crippen LogP contribution in [0.5, 0.6) is 5.75 Å². The highest BCUT2D eigenvalue weighted by Gasteiger charge is 2.54. The van der Waals surface area contributed by atoms with E-state index < -0.39 is 23.8 Å². The first-order valence-corrected chi connectivity index (χ1v) is 14.3. The second-order valence-electron chi connectivity index (χ2n) is 12.8. The molecule has 0 radical (unpaired) electrons. The average molecular weight is 575 g/mol. The first-order valence-electron chi connectivity index (χ1n) is 14.3. The fourth-order valence-corrected chi connectivity index (χ4v) is 5.72. The highest BCUT2D eigenvalue weighted by atomic mass is 19.4. The lowest BCUT2D eigenvalue weighted by Gasteiger charge is -2.43. The van der Waals surface area contributed by atoms with Crippen molar-refractivity contribution in [3.05, 3.63) is 65.2 Å². The Balaban J connectivity index is 1.51. The molecule has 2 heterocycles. The van der Waals surface area contributed by atoms with Crippen molar-refractivity contribution in [2.75, 3.05) is 26.2 Å². The zero-order chi connectivity index (χ0) is 30.0. The van der Waals surface area contributed by atoms with Crippen molar-refractivity contribution in [2.45, 2.75) is 78.2 Å². The molecule has 0 N–H and O–H groups in total. The molecule has 2 aliphatic heterocycles. The summed E-state index contributed by atoms with van der Waals surface area (Å²) in [5.74, 6) is -1.31. The molecule has 1 amide bonds. The van der Waals surface area contributed by atoms with Crippen molar-refractivity contribution in [1.29, 1.82) is 0 Å². The van der Waals surface area contributed by atoms with Gasteiger partial charge in [0.25, 0.3) is 5.91 Å². The number of likely N-dealkylation sites (tertiary alicyclic amines) is 2. The first kappa shape index (κ1) is 30.9. The molecule has 1 unspecified atom stereocenters. The lowest BCUT2D eigenvalue weighted by atomic mass is 9.76. The van der Waals surface area contributed by atoms with Crippen molar-refractivity contribution < 1.29 is 32.2 Å². The van der Waals surface area contributed by atoms with Crippen molar-refractivity contribution >= 4 is 11.9 Å². The highest BCUT2D eigenvalue weighted by molar-refractivity contribution is 5.94. The molecule has 0 aromatic heterocycles. The molecule has 6 nitrogen and oxygen atoms in total. The molecule has 4 rings (SSSR count). The summed E-state index contributed by atoms with van der Waals surface area (Å²) in [6.45, 7) is 12.4. The Kier molecular flexibility index (Phi) is 9.07. The first-order chi connectivity index (χ1) is 19.2. The Morgan fingerprint density at radius 3 is 2.15 bits per heavy atom. The second kappa shape index (κ2) is 12.0. The number of rotatable bonds is 7. The van der Waals surface area contributed by atoms with Gasteiger partial charge in [-0.05, 0) is 54.4 Å². The second-order valence-corrected chi connectivity index (χ2v) is 12.8. The van der Waals surface area contributed by atoms with Gasteiger partial charge in [0.2, 0.25) is 0 Å². The number of benzene rings is 2. The maximum atomic E-state index is 13.3. The number of para-hydroxylation sites is 1. The maximum absolute atomic E-state index is 13.3. The lowest BCUT2D eigenvalue weighted by Crippen LogP contribution is -2.51. The molecule has 2 aromatic carbocycles. The number of hydrogen-bond donors (Lipinski definition) is 0. The minimum atomic E-state index is -5.09. The van der Waals surface area contributed by atoms with E-state index in [9.17, 15) is 22.8 Å². The summed E-state index contributed by atoms with van der Waals surface area (Å²) in [4.78, 5) is 28.9. The van der Waals surface area contributed by atoms with Crippen LogP contribution in [0.1, 0.15) is 75.4 Å². The van der Waals surface area contributed by atoms with Gasteiger partial charge in [0, 0.05) is 42.7 Å². The third-order valence-electron chi connectivity index (χ3n) is 8.17. The quantitative estimate of drug-likeness (QED) is 0.350. The van der Waals surface area contributed by atoms with Gasteiger partial charge in [0.15, 0.2) is 6.23 Å². The van der Waals surface area contributed by atoms with Gasteiger partial charge in [0.1, 0.15) is 5.75 Å². The van der Waals surface area contributed by atoms with Crippen LogP contribution in [0.4, 0.5) is 13.2 Å². The molecule has 1 spiro atoms. The SMILES string of the molecule is CC(C)COc1ccccc1CN1CCC2(CCN(C(=O)c3ccc(C(C)(C)C)cc3)CC2)C1OC(=O)C(F)(F)F. The monoisotopic (exact) mass is 574 g/mol. The lowest BCUT2D eigenvalue weighted by molar-refractivity contribution is -0.220. The summed E-state index contributed by atoms with van der Waals surface area (Å²) in [6.07, 6.45) is -4.70. The molecule has 41 heavy (non-hydrogen) atoms. The van der Waals surface area contributed by atoms with E-state index in [0.29, 0.717) is 62.7 Å². The molecule has 2 aromatic rings. The number of carbonyl (C=O) groups is 2. The number of hydrogen-bond acceptors (Lipinski definition) is 5. The van der Waals surface area contributed by atoms with Crippen LogP contribution >= 0.6 is 0 Å². The van der Waals surface area contributed by atoms with Gasteiger partial charge in [-0.3, -0.25) is 9.69 Å². The summed E-state index contributed by atoms with van der Waals surface area (Å²) < 4.78 is 51.2. The summed E-state index contributed by atoms with van der Waals surface area (Å²) in [5.41, 5.74) is 1.83. The Morgan fingerprint density at radius 2 is 1.56 bits per heavy atom. The van der Waals surface area contributed by atoms with Crippen LogP contribution in [0.2, 0.25) is 0 Å². The molecule has 224 valence electrons. The fraction of sp³-hybridized carbons (Fsp3) is 0.562. The number of amides is 1. The Labute approximate surface area is 240 Å². The van der Waals surface area contributed by atoms with Gasteiger partial charge in [-0.15, -0.1) is 0 Å². The average Bonchev–Trinajstić information content (AvgIpc) is 3.23. The molecule has 0 bridgehead atoms. The van der Waals surface area contributed by atoms with E-state index in [2.05, 4.69) is 20.8 Å². The summed E-state index contributed by atoms with van der Waals surface area (Å²) in [5, 5.41) is 0. The zero-order valence-electron chi connectivity index (χ0n) is 24.6. The minimum Gasteiger partial charge on any atom is -0.493 e. The molecule has 9 heteroatoms. The van der Waals surface area contributed by atoms with Crippen LogP contribution in [0.15, 0.2) is 48.5 Å². The van der Waals surface area contributed by atoms with Crippen LogP contribution in [-0.2, 0) is 21.5 Å². The number of carbonyl (C=O) groups excluding carboxylic acids is 2. The summed E-state index contributed by atoms with van der Waals surface area (Å²) in [6, 6.07) is 15.0. The van der Waals surface area contributed by atoms with E-state index in [-0.39, 0.29) is 17.9 Å². The van der Waals surface area contributed by atoms with E-state index >= 15 is 0 Å². The van der Waals surface area contributed by atoms with Crippen LogP contribution in [0, 0.1) is 11.3 Å². The molecule has 1 atom stereocenters. The minimum absolute atomic E-state index is 0.0304.